The van der Waals surface area contributed by atoms with E-state index in [1.165, 1.54) is 0 Å². The highest BCUT2D eigenvalue weighted by atomic mass is 16.5. The van der Waals surface area contributed by atoms with Crippen molar-refractivity contribution in [1.29, 1.82) is 0 Å². The van der Waals surface area contributed by atoms with Crippen LogP contribution in [-0.2, 0) is 16.1 Å². The summed E-state index contributed by atoms with van der Waals surface area (Å²) in [6.07, 6.45) is 2.84. The lowest BCUT2D eigenvalue weighted by Gasteiger charge is -2.27. The van der Waals surface area contributed by atoms with Gasteiger partial charge in [-0.25, -0.2) is 0 Å². The van der Waals surface area contributed by atoms with Gasteiger partial charge in [0.25, 0.3) is 0 Å². The van der Waals surface area contributed by atoms with Gasteiger partial charge in [0.1, 0.15) is 12.2 Å². The highest BCUT2D eigenvalue weighted by Gasteiger charge is 2.23. The molecule has 0 fully saturated rings. The molecule has 0 spiro atoms. The predicted octanol–water partition coefficient (Wildman–Crippen LogP) is 1.91. The van der Waals surface area contributed by atoms with Crippen LogP contribution in [-0.4, -0.2) is 30.0 Å². The van der Waals surface area contributed by atoms with Gasteiger partial charge in [0.05, 0.1) is 19.3 Å². The molecule has 0 aromatic heterocycles. The summed E-state index contributed by atoms with van der Waals surface area (Å²) in [5.74, 6) is 0. The lowest BCUT2D eigenvalue weighted by Crippen LogP contribution is -2.37. The summed E-state index contributed by atoms with van der Waals surface area (Å²) in [5.41, 5.74) is 1.13. The third-order valence-electron chi connectivity index (χ3n) is 2.74. The Bertz CT molecular complexity index is 361. The van der Waals surface area contributed by atoms with Crippen LogP contribution in [0.1, 0.15) is 12.5 Å². The first-order valence-corrected chi connectivity index (χ1v) is 5.89. The molecule has 0 saturated carbocycles. The molecule has 1 aliphatic rings. The number of benzene rings is 1. The van der Waals surface area contributed by atoms with Crippen LogP contribution in [0.25, 0.3) is 0 Å². The molecule has 1 aromatic rings. The summed E-state index contributed by atoms with van der Waals surface area (Å²) in [7, 11) is 0. The van der Waals surface area contributed by atoms with Crippen molar-refractivity contribution in [2.24, 2.45) is 0 Å². The van der Waals surface area contributed by atoms with Gasteiger partial charge in [0.2, 0.25) is 0 Å². The minimum atomic E-state index is -0.568. The van der Waals surface area contributed by atoms with Gasteiger partial charge in [-0.15, -0.1) is 0 Å². The molecule has 0 aliphatic carbocycles. The Hall–Kier alpha value is -1.16. The Morgan fingerprint density at radius 1 is 1.24 bits per heavy atom. The van der Waals surface area contributed by atoms with Crippen molar-refractivity contribution in [2.45, 2.75) is 31.8 Å². The van der Waals surface area contributed by atoms with Gasteiger partial charge >= 0.3 is 0 Å². The number of aliphatic hydroxyl groups excluding tert-OH is 1. The summed E-state index contributed by atoms with van der Waals surface area (Å²) < 4.78 is 11.1. The molecule has 0 unspecified atom stereocenters. The van der Waals surface area contributed by atoms with Crippen LogP contribution >= 0.6 is 0 Å². The number of rotatable bonds is 4. The zero-order valence-electron chi connectivity index (χ0n) is 9.95. The van der Waals surface area contributed by atoms with Gasteiger partial charge in [0, 0.05) is 0 Å². The van der Waals surface area contributed by atoms with E-state index in [-0.39, 0.29) is 12.2 Å². The van der Waals surface area contributed by atoms with Crippen molar-refractivity contribution in [3.8, 4) is 0 Å². The predicted molar refractivity (Wildman–Crippen MR) is 65.6 cm³/mol. The number of hydrogen-bond acceptors (Lipinski definition) is 3. The summed E-state index contributed by atoms with van der Waals surface area (Å²) in [4.78, 5) is 0. The monoisotopic (exact) mass is 234 g/mol. The Balaban J connectivity index is 1.77. The third-order valence-corrected chi connectivity index (χ3v) is 2.74. The molecule has 1 heterocycles. The second-order valence-electron chi connectivity index (χ2n) is 4.26. The zero-order valence-corrected chi connectivity index (χ0v) is 9.95. The van der Waals surface area contributed by atoms with Crippen LogP contribution in [0.2, 0.25) is 0 Å². The molecule has 0 bridgehead atoms. The SMILES string of the molecule is C[C@@H]1C=C[C@H](O)[C@@H](COCc2ccccc2)O1. The van der Waals surface area contributed by atoms with Crippen LogP contribution in [0.4, 0.5) is 0 Å². The summed E-state index contributed by atoms with van der Waals surface area (Å²) >= 11 is 0. The molecule has 17 heavy (non-hydrogen) atoms. The van der Waals surface area contributed by atoms with E-state index in [0.717, 1.165) is 5.56 Å². The van der Waals surface area contributed by atoms with Gasteiger partial charge in [-0.05, 0) is 12.5 Å². The van der Waals surface area contributed by atoms with Crippen LogP contribution in [0, 0.1) is 0 Å². The van der Waals surface area contributed by atoms with Crippen LogP contribution in [0.3, 0.4) is 0 Å². The van der Waals surface area contributed by atoms with Gasteiger partial charge in [0.15, 0.2) is 0 Å². The Labute approximate surface area is 102 Å². The average molecular weight is 234 g/mol. The fourth-order valence-electron chi connectivity index (χ4n) is 1.80. The normalized spacial score (nSPS) is 28.2. The van der Waals surface area contributed by atoms with E-state index < -0.39 is 6.10 Å². The molecule has 2 rings (SSSR count). The van der Waals surface area contributed by atoms with E-state index in [0.29, 0.717) is 13.2 Å². The van der Waals surface area contributed by atoms with Crippen LogP contribution in [0.5, 0.6) is 0 Å². The quantitative estimate of drug-likeness (QED) is 0.809. The van der Waals surface area contributed by atoms with E-state index in [9.17, 15) is 5.11 Å². The lowest BCUT2D eigenvalue weighted by molar-refractivity contribution is -0.0914. The molecule has 0 saturated heterocycles. The van der Waals surface area contributed by atoms with E-state index in [4.69, 9.17) is 9.47 Å². The molecule has 1 aromatic carbocycles. The maximum absolute atomic E-state index is 9.69. The number of hydrogen-bond donors (Lipinski definition) is 1. The van der Waals surface area contributed by atoms with Crippen LogP contribution < -0.4 is 0 Å². The van der Waals surface area contributed by atoms with Gasteiger partial charge in [-0.2, -0.15) is 0 Å². The zero-order chi connectivity index (χ0) is 12.1. The second-order valence-corrected chi connectivity index (χ2v) is 4.26. The molecule has 0 amide bonds. The summed E-state index contributed by atoms with van der Waals surface area (Å²) in [5, 5.41) is 9.69. The molecular formula is C14H18O3. The average Bonchev–Trinajstić information content (AvgIpc) is 2.35. The Morgan fingerprint density at radius 2 is 2.00 bits per heavy atom. The maximum Gasteiger partial charge on any atom is 0.111 e. The molecule has 1 aliphatic heterocycles. The third kappa shape index (κ3) is 3.66. The van der Waals surface area contributed by atoms with E-state index in [1.54, 1.807) is 6.08 Å². The highest BCUT2D eigenvalue weighted by Crippen LogP contribution is 2.13. The van der Waals surface area contributed by atoms with Crippen molar-refractivity contribution < 1.29 is 14.6 Å². The van der Waals surface area contributed by atoms with E-state index in [1.807, 2.05) is 43.3 Å². The van der Waals surface area contributed by atoms with Gasteiger partial charge in [-0.1, -0.05) is 42.5 Å². The fraction of sp³-hybridized carbons (Fsp3) is 0.429. The largest absolute Gasteiger partial charge is 0.386 e. The first-order valence-electron chi connectivity index (χ1n) is 5.89. The summed E-state index contributed by atoms with van der Waals surface area (Å²) in [6.45, 7) is 2.91. The van der Waals surface area contributed by atoms with Crippen LogP contribution in [0.15, 0.2) is 42.5 Å². The minimum absolute atomic E-state index is 0.0451. The summed E-state index contributed by atoms with van der Waals surface area (Å²) in [6, 6.07) is 9.97. The first kappa shape index (κ1) is 12.3. The second kappa shape index (κ2) is 5.96. The first-order chi connectivity index (χ1) is 8.25. The van der Waals surface area contributed by atoms with E-state index in [2.05, 4.69) is 0 Å². The van der Waals surface area contributed by atoms with Crippen molar-refractivity contribution in [3.63, 3.8) is 0 Å². The molecular weight excluding hydrogens is 216 g/mol. The molecule has 3 heteroatoms. The van der Waals surface area contributed by atoms with Gasteiger partial charge in [-0.3, -0.25) is 0 Å². The molecule has 3 nitrogen and oxygen atoms in total. The standard InChI is InChI=1S/C14H18O3/c1-11-7-8-13(15)14(17-11)10-16-9-12-5-3-2-4-6-12/h2-8,11,13-15H,9-10H2,1H3/t11-,13+,14-/m1/s1. The maximum atomic E-state index is 9.69. The Morgan fingerprint density at radius 3 is 2.76 bits per heavy atom. The lowest BCUT2D eigenvalue weighted by atomic mass is 10.1. The molecule has 1 N–H and O–H groups in total. The molecule has 0 radical (unpaired) electrons. The molecule has 92 valence electrons. The van der Waals surface area contributed by atoms with Crippen molar-refractivity contribution in [2.75, 3.05) is 6.61 Å². The van der Waals surface area contributed by atoms with Crippen molar-refractivity contribution >= 4 is 0 Å². The van der Waals surface area contributed by atoms with Gasteiger partial charge < -0.3 is 14.6 Å². The minimum Gasteiger partial charge on any atom is -0.386 e. The molecule has 3 atom stereocenters. The smallest absolute Gasteiger partial charge is 0.111 e. The topological polar surface area (TPSA) is 38.7 Å². The fourth-order valence-corrected chi connectivity index (χ4v) is 1.80. The number of ether oxygens (including phenoxy) is 2. The highest BCUT2D eigenvalue weighted by molar-refractivity contribution is 5.13. The Kier molecular flexibility index (Phi) is 4.31. The van der Waals surface area contributed by atoms with Crippen molar-refractivity contribution in [1.82, 2.24) is 0 Å². The van der Waals surface area contributed by atoms with Crippen molar-refractivity contribution in [3.05, 3.63) is 48.0 Å². The van der Waals surface area contributed by atoms with E-state index >= 15 is 0 Å². The number of aliphatic hydroxyl groups is 1.